The Hall–Kier alpha value is -1.00. The van der Waals surface area contributed by atoms with Crippen LogP contribution in [0.5, 0.6) is 0 Å². The minimum absolute atomic E-state index is 0.436. The Morgan fingerprint density at radius 2 is 2.06 bits per heavy atom. The van der Waals surface area contributed by atoms with E-state index in [0.29, 0.717) is 10.8 Å². The van der Waals surface area contributed by atoms with Gasteiger partial charge < -0.3 is 16.0 Å². The number of halogens is 1. The molecular formula is C12H19ClN4. The molecule has 94 valence electrons. The zero-order chi connectivity index (χ0) is 12.1. The van der Waals surface area contributed by atoms with Crippen LogP contribution in [0.15, 0.2) is 12.1 Å². The molecule has 1 fully saturated rings. The van der Waals surface area contributed by atoms with Crippen LogP contribution in [0.2, 0.25) is 5.15 Å². The first-order valence-corrected chi connectivity index (χ1v) is 6.51. The van der Waals surface area contributed by atoms with Crippen molar-refractivity contribution >= 4 is 23.1 Å². The Labute approximate surface area is 107 Å². The van der Waals surface area contributed by atoms with Crippen LogP contribution >= 0.6 is 11.6 Å². The molecule has 0 saturated carbocycles. The smallest absolute Gasteiger partial charge is 0.133 e. The van der Waals surface area contributed by atoms with Gasteiger partial charge in [0, 0.05) is 24.8 Å². The summed E-state index contributed by atoms with van der Waals surface area (Å²) >= 11 is 5.84. The third kappa shape index (κ3) is 4.06. The van der Waals surface area contributed by atoms with Crippen molar-refractivity contribution in [3.05, 3.63) is 17.3 Å². The summed E-state index contributed by atoms with van der Waals surface area (Å²) in [6.07, 6.45) is 4.01. The number of hydrogen-bond donors (Lipinski definition) is 2. The number of rotatable bonds is 4. The van der Waals surface area contributed by atoms with Crippen molar-refractivity contribution in [3.8, 4) is 0 Å². The fourth-order valence-electron chi connectivity index (χ4n) is 2.13. The quantitative estimate of drug-likeness (QED) is 0.809. The lowest BCUT2D eigenvalue weighted by molar-refractivity contribution is 0.237. The predicted molar refractivity (Wildman–Crippen MR) is 72.4 cm³/mol. The first-order valence-electron chi connectivity index (χ1n) is 6.13. The second kappa shape index (κ2) is 6.07. The lowest BCUT2D eigenvalue weighted by Gasteiger charge is -2.26. The number of piperidine rings is 1. The summed E-state index contributed by atoms with van der Waals surface area (Å²) in [6, 6.07) is 3.46. The molecule has 3 N–H and O–H groups in total. The largest absolute Gasteiger partial charge is 0.399 e. The monoisotopic (exact) mass is 254 g/mol. The molecule has 4 nitrogen and oxygen atoms in total. The zero-order valence-corrected chi connectivity index (χ0v) is 10.7. The van der Waals surface area contributed by atoms with E-state index < -0.39 is 0 Å². The molecule has 1 aliphatic heterocycles. The average Bonchev–Trinajstić information content (AvgIpc) is 2.29. The molecule has 0 aliphatic carbocycles. The molecule has 1 aromatic heterocycles. The highest BCUT2D eigenvalue weighted by atomic mass is 35.5. The summed E-state index contributed by atoms with van der Waals surface area (Å²) < 4.78 is 0. The van der Waals surface area contributed by atoms with E-state index in [9.17, 15) is 0 Å². The van der Waals surface area contributed by atoms with Gasteiger partial charge in [0.2, 0.25) is 0 Å². The highest BCUT2D eigenvalue weighted by Crippen LogP contribution is 2.15. The summed E-state index contributed by atoms with van der Waals surface area (Å²) in [5, 5.41) is 3.69. The van der Waals surface area contributed by atoms with Crippen molar-refractivity contribution in [1.29, 1.82) is 0 Å². The first-order chi connectivity index (χ1) is 8.24. The molecule has 17 heavy (non-hydrogen) atoms. The van der Waals surface area contributed by atoms with Gasteiger partial charge in [-0.2, -0.15) is 0 Å². The topological polar surface area (TPSA) is 54.2 Å². The van der Waals surface area contributed by atoms with Crippen LogP contribution in [0, 0.1) is 0 Å². The van der Waals surface area contributed by atoms with Gasteiger partial charge in [0.05, 0.1) is 0 Å². The number of nitrogens with one attached hydrogen (secondary N) is 1. The van der Waals surface area contributed by atoms with Gasteiger partial charge in [0.25, 0.3) is 0 Å². The molecule has 0 bridgehead atoms. The zero-order valence-electron chi connectivity index (χ0n) is 9.95. The summed E-state index contributed by atoms with van der Waals surface area (Å²) in [5.41, 5.74) is 6.34. The van der Waals surface area contributed by atoms with Crippen LogP contribution < -0.4 is 11.1 Å². The van der Waals surface area contributed by atoms with Gasteiger partial charge >= 0.3 is 0 Å². The number of pyridine rings is 1. The normalized spacial score (nSPS) is 17.0. The van der Waals surface area contributed by atoms with Gasteiger partial charge in [-0.05, 0) is 32.0 Å². The van der Waals surface area contributed by atoms with E-state index in [4.69, 9.17) is 17.3 Å². The summed E-state index contributed by atoms with van der Waals surface area (Å²) in [5.74, 6) is 0.756. The van der Waals surface area contributed by atoms with Crippen molar-refractivity contribution < 1.29 is 0 Å². The van der Waals surface area contributed by atoms with Gasteiger partial charge in [-0.15, -0.1) is 0 Å². The lowest BCUT2D eigenvalue weighted by Crippen LogP contribution is -2.33. The molecule has 0 spiro atoms. The van der Waals surface area contributed by atoms with Crippen LogP contribution in [0.3, 0.4) is 0 Å². The Balaban J connectivity index is 1.77. The second-order valence-corrected chi connectivity index (χ2v) is 4.82. The van der Waals surface area contributed by atoms with Gasteiger partial charge in [-0.1, -0.05) is 18.0 Å². The van der Waals surface area contributed by atoms with Crippen molar-refractivity contribution in [2.45, 2.75) is 19.3 Å². The Morgan fingerprint density at radius 1 is 1.29 bits per heavy atom. The molecule has 0 aromatic carbocycles. The molecule has 1 aliphatic rings. The number of anilines is 2. The van der Waals surface area contributed by atoms with Gasteiger partial charge in [-0.3, -0.25) is 0 Å². The van der Waals surface area contributed by atoms with E-state index >= 15 is 0 Å². The highest BCUT2D eigenvalue weighted by molar-refractivity contribution is 6.29. The van der Waals surface area contributed by atoms with Crippen molar-refractivity contribution in [3.63, 3.8) is 0 Å². The first kappa shape index (κ1) is 12.5. The maximum atomic E-state index is 5.84. The fraction of sp³-hybridized carbons (Fsp3) is 0.583. The van der Waals surface area contributed by atoms with Crippen LogP contribution in [0.25, 0.3) is 0 Å². The van der Waals surface area contributed by atoms with Gasteiger partial charge in [0.15, 0.2) is 0 Å². The predicted octanol–water partition coefficient (Wildman–Crippen LogP) is 2.21. The summed E-state index contributed by atoms with van der Waals surface area (Å²) in [4.78, 5) is 6.65. The SMILES string of the molecule is Nc1cc(Cl)nc(NCCN2CCCCC2)c1. The minimum atomic E-state index is 0.436. The third-order valence-electron chi connectivity index (χ3n) is 3.00. The van der Waals surface area contributed by atoms with Gasteiger partial charge in [-0.25, -0.2) is 4.98 Å². The molecule has 2 heterocycles. The van der Waals surface area contributed by atoms with E-state index in [1.807, 2.05) is 6.07 Å². The maximum absolute atomic E-state index is 5.84. The molecule has 1 saturated heterocycles. The van der Waals surface area contributed by atoms with Crippen molar-refractivity contribution in [2.24, 2.45) is 0 Å². The number of nitrogens with zero attached hydrogens (tertiary/aromatic N) is 2. The highest BCUT2D eigenvalue weighted by Gasteiger charge is 2.09. The Bertz CT molecular complexity index is 343. The molecule has 0 atom stereocenters. The number of nitrogen functional groups attached to an aromatic ring is 1. The Morgan fingerprint density at radius 3 is 2.76 bits per heavy atom. The van der Waals surface area contributed by atoms with Crippen LogP contribution in [-0.2, 0) is 0 Å². The van der Waals surface area contributed by atoms with E-state index in [0.717, 1.165) is 18.9 Å². The number of nitrogens with two attached hydrogens (primary N) is 1. The van der Waals surface area contributed by atoms with Crippen LogP contribution in [0.1, 0.15) is 19.3 Å². The molecule has 1 aromatic rings. The molecule has 0 radical (unpaired) electrons. The number of hydrogen-bond acceptors (Lipinski definition) is 4. The molecule has 5 heteroatoms. The van der Waals surface area contributed by atoms with Crippen molar-refractivity contribution in [1.82, 2.24) is 9.88 Å². The third-order valence-corrected chi connectivity index (χ3v) is 3.19. The summed E-state index contributed by atoms with van der Waals surface area (Å²) in [6.45, 7) is 4.36. The van der Waals surface area contributed by atoms with Crippen LogP contribution in [0.4, 0.5) is 11.5 Å². The van der Waals surface area contributed by atoms with Crippen LogP contribution in [-0.4, -0.2) is 36.1 Å². The fourth-order valence-corrected chi connectivity index (χ4v) is 2.35. The number of aromatic nitrogens is 1. The van der Waals surface area contributed by atoms with E-state index in [1.165, 1.54) is 32.4 Å². The van der Waals surface area contributed by atoms with E-state index in [2.05, 4.69) is 15.2 Å². The standard InChI is InChI=1S/C12H19ClN4/c13-11-8-10(14)9-12(16-11)15-4-7-17-5-2-1-3-6-17/h8-9H,1-7H2,(H3,14,15,16). The summed E-state index contributed by atoms with van der Waals surface area (Å²) in [7, 11) is 0. The van der Waals surface area contributed by atoms with Gasteiger partial charge in [0.1, 0.15) is 11.0 Å². The molecule has 0 amide bonds. The minimum Gasteiger partial charge on any atom is -0.399 e. The lowest BCUT2D eigenvalue weighted by atomic mass is 10.1. The Kier molecular flexibility index (Phi) is 4.45. The van der Waals surface area contributed by atoms with E-state index in [-0.39, 0.29) is 0 Å². The molecule has 0 unspecified atom stereocenters. The molecule has 2 rings (SSSR count). The number of likely N-dealkylation sites (tertiary alicyclic amines) is 1. The maximum Gasteiger partial charge on any atom is 0.133 e. The molecular weight excluding hydrogens is 236 g/mol. The van der Waals surface area contributed by atoms with Crippen molar-refractivity contribution in [2.75, 3.05) is 37.2 Å². The van der Waals surface area contributed by atoms with E-state index in [1.54, 1.807) is 6.07 Å². The second-order valence-electron chi connectivity index (χ2n) is 4.44. The average molecular weight is 255 g/mol.